The van der Waals surface area contributed by atoms with E-state index in [-0.39, 0.29) is 5.91 Å². The summed E-state index contributed by atoms with van der Waals surface area (Å²) in [7, 11) is 1.46. The zero-order chi connectivity index (χ0) is 15.5. The predicted octanol–water partition coefficient (Wildman–Crippen LogP) is 2.95. The van der Waals surface area contributed by atoms with Crippen molar-refractivity contribution in [1.29, 1.82) is 0 Å². The second-order valence-electron chi connectivity index (χ2n) is 5.26. The molecule has 5 nitrogen and oxygen atoms in total. The van der Waals surface area contributed by atoms with E-state index in [2.05, 4.69) is 10.6 Å². The molecule has 0 aliphatic carbocycles. The SMILES string of the molecule is COC(O)c1ccc(Nc2ccc3c(c2)CCC(=O)N3)cc1. The molecule has 0 saturated carbocycles. The third-order valence-electron chi connectivity index (χ3n) is 3.71. The van der Waals surface area contributed by atoms with Gasteiger partial charge in [0.15, 0.2) is 6.29 Å². The van der Waals surface area contributed by atoms with Crippen LogP contribution in [0.15, 0.2) is 42.5 Å². The first-order chi connectivity index (χ1) is 10.7. The van der Waals surface area contributed by atoms with Gasteiger partial charge in [-0.3, -0.25) is 4.79 Å². The Bertz CT molecular complexity index is 683. The van der Waals surface area contributed by atoms with Crippen molar-refractivity contribution in [3.63, 3.8) is 0 Å². The summed E-state index contributed by atoms with van der Waals surface area (Å²) in [5.41, 5.74) is 4.62. The van der Waals surface area contributed by atoms with E-state index < -0.39 is 6.29 Å². The van der Waals surface area contributed by atoms with Gasteiger partial charge in [0.05, 0.1) is 0 Å². The molecule has 3 rings (SSSR count). The van der Waals surface area contributed by atoms with E-state index in [9.17, 15) is 9.90 Å². The number of amides is 1. The monoisotopic (exact) mass is 298 g/mol. The van der Waals surface area contributed by atoms with Crippen molar-refractivity contribution in [3.05, 3.63) is 53.6 Å². The molecule has 2 aromatic rings. The van der Waals surface area contributed by atoms with E-state index in [4.69, 9.17) is 4.74 Å². The van der Waals surface area contributed by atoms with E-state index in [1.165, 1.54) is 7.11 Å². The number of aliphatic hydroxyl groups is 1. The molecule has 1 heterocycles. The molecule has 22 heavy (non-hydrogen) atoms. The van der Waals surface area contributed by atoms with Crippen molar-refractivity contribution in [3.8, 4) is 0 Å². The molecule has 0 spiro atoms. The molecule has 0 fully saturated rings. The van der Waals surface area contributed by atoms with Crippen LogP contribution in [-0.4, -0.2) is 18.1 Å². The summed E-state index contributed by atoms with van der Waals surface area (Å²) in [5, 5.41) is 15.8. The van der Waals surface area contributed by atoms with Crippen LogP contribution in [0.4, 0.5) is 17.1 Å². The van der Waals surface area contributed by atoms with Gasteiger partial charge in [0, 0.05) is 36.2 Å². The first-order valence-corrected chi connectivity index (χ1v) is 7.16. The molecule has 1 amide bonds. The lowest BCUT2D eigenvalue weighted by Crippen LogP contribution is -2.18. The van der Waals surface area contributed by atoms with Gasteiger partial charge in [-0.05, 0) is 42.3 Å². The van der Waals surface area contributed by atoms with Crippen molar-refractivity contribution < 1.29 is 14.6 Å². The highest BCUT2D eigenvalue weighted by molar-refractivity contribution is 5.94. The third-order valence-corrected chi connectivity index (χ3v) is 3.71. The van der Waals surface area contributed by atoms with Gasteiger partial charge in [-0.1, -0.05) is 12.1 Å². The zero-order valence-corrected chi connectivity index (χ0v) is 12.3. The smallest absolute Gasteiger partial charge is 0.224 e. The van der Waals surface area contributed by atoms with Crippen LogP contribution in [-0.2, 0) is 16.0 Å². The number of hydrogen-bond acceptors (Lipinski definition) is 4. The number of ether oxygens (including phenoxy) is 1. The standard InChI is InChI=1S/C17H18N2O3/c1-22-17(21)11-2-5-13(6-3-11)18-14-7-8-15-12(10-14)4-9-16(20)19-15/h2-3,5-8,10,17-18,21H,4,9H2,1H3,(H,19,20). The molecule has 1 atom stereocenters. The molecule has 5 heteroatoms. The van der Waals surface area contributed by atoms with Gasteiger partial charge >= 0.3 is 0 Å². The largest absolute Gasteiger partial charge is 0.364 e. The fourth-order valence-electron chi connectivity index (χ4n) is 2.49. The highest BCUT2D eigenvalue weighted by Gasteiger charge is 2.14. The lowest BCUT2D eigenvalue weighted by Gasteiger charge is -2.18. The number of hydrogen-bond donors (Lipinski definition) is 3. The first-order valence-electron chi connectivity index (χ1n) is 7.16. The quantitative estimate of drug-likeness (QED) is 0.759. The Morgan fingerprint density at radius 1 is 1.14 bits per heavy atom. The summed E-state index contributed by atoms with van der Waals surface area (Å²) in [6, 6.07) is 13.3. The van der Waals surface area contributed by atoms with Gasteiger partial charge in [0.2, 0.25) is 5.91 Å². The van der Waals surface area contributed by atoms with E-state index in [1.54, 1.807) is 0 Å². The molecule has 1 unspecified atom stereocenters. The van der Waals surface area contributed by atoms with E-state index in [0.717, 1.165) is 29.0 Å². The first kappa shape index (κ1) is 14.6. The highest BCUT2D eigenvalue weighted by atomic mass is 16.6. The van der Waals surface area contributed by atoms with Gasteiger partial charge in [0.1, 0.15) is 0 Å². The molecule has 114 valence electrons. The molecule has 0 saturated heterocycles. The molecular formula is C17H18N2O3. The molecule has 1 aliphatic heterocycles. The average Bonchev–Trinajstić information content (AvgIpc) is 2.55. The van der Waals surface area contributed by atoms with Crippen molar-refractivity contribution in [2.45, 2.75) is 19.1 Å². The second kappa shape index (κ2) is 6.17. The zero-order valence-electron chi connectivity index (χ0n) is 12.3. The van der Waals surface area contributed by atoms with Crippen molar-refractivity contribution in [2.75, 3.05) is 17.7 Å². The molecule has 3 N–H and O–H groups in total. The summed E-state index contributed by atoms with van der Waals surface area (Å²) in [4.78, 5) is 11.4. The van der Waals surface area contributed by atoms with Crippen molar-refractivity contribution in [2.24, 2.45) is 0 Å². The lowest BCUT2D eigenvalue weighted by molar-refractivity contribution is -0.116. The lowest BCUT2D eigenvalue weighted by atomic mass is 10.0. The average molecular weight is 298 g/mol. The van der Waals surface area contributed by atoms with Gasteiger partial charge < -0.3 is 20.5 Å². The van der Waals surface area contributed by atoms with Crippen LogP contribution in [0.2, 0.25) is 0 Å². The Hall–Kier alpha value is -2.37. The number of anilines is 3. The fraction of sp³-hybridized carbons (Fsp3) is 0.235. The minimum Gasteiger partial charge on any atom is -0.364 e. The molecular weight excluding hydrogens is 280 g/mol. The normalized spacial score (nSPS) is 14.9. The van der Waals surface area contributed by atoms with Crippen LogP contribution in [0.5, 0.6) is 0 Å². The number of carbonyl (C=O) groups is 1. The minimum atomic E-state index is -0.901. The second-order valence-corrected chi connectivity index (χ2v) is 5.26. The summed E-state index contributed by atoms with van der Waals surface area (Å²) in [5.74, 6) is 0.0699. The molecule has 1 aliphatic rings. The van der Waals surface area contributed by atoms with Gasteiger partial charge in [-0.15, -0.1) is 0 Å². The number of carbonyl (C=O) groups excluding carboxylic acids is 1. The number of aliphatic hydroxyl groups excluding tert-OH is 1. The van der Waals surface area contributed by atoms with Crippen LogP contribution in [0, 0.1) is 0 Å². The van der Waals surface area contributed by atoms with E-state index in [0.29, 0.717) is 12.0 Å². The Morgan fingerprint density at radius 3 is 2.59 bits per heavy atom. The number of nitrogens with one attached hydrogen (secondary N) is 2. The van der Waals surface area contributed by atoms with Gasteiger partial charge in [0.25, 0.3) is 0 Å². The fourth-order valence-corrected chi connectivity index (χ4v) is 2.49. The maximum Gasteiger partial charge on any atom is 0.224 e. The van der Waals surface area contributed by atoms with Gasteiger partial charge in [-0.2, -0.15) is 0 Å². The summed E-state index contributed by atoms with van der Waals surface area (Å²) >= 11 is 0. The molecule has 0 radical (unpaired) electrons. The maximum absolute atomic E-state index is 11.4. The minimum absolute atomic E-state index is 0.0699. The third kappa shape index (κ3) is 3.10. The Kier molecular flexibility index (Phi) is 4.09. The van der Waals surface area contributed by atoms with Crippen LogP contribution in [0.3, 0.4) is 0 Å². The Balaban J connectivity index is 1.74. The Labute approximate surface area is 128 Å². The molecule has 0 aromatic heterocycles. The predicted molar refractivity (Wildman–Crippen MR) is 85.1 cm³/mol. The van der Waals surface area contributed by atoms with Crippen LogP contribution in [0.25, 0.3) is 0 Å². The molecule has 0 bridgehead atoms. The number of methoxy groups -OCH3 is 1. The number of fused-ring (bicyclic) bond motifs is 1. The van der Waals surface area contributed by atoms with Crippen LogP contribution < -0.4 is 10.6 Å². The van der Waals surface area contributed by atoms with Crippen LogP contribution in [0.1, 0.15) is 23.8 Å². The summed E-state index contributed by atoms with van der Waals surface area (Å²) < 4.78 is 4.87. The van der Waals surface area contributed by atoms with E-state index in [1.807, 2.05) is 42.5 Å². The highest BCUT2D eigenvalue weighted by Crippen LogP contribution is 2.27. The topological polar surface area (TPSA) is 70.6 Å². The number of benzene rings is 2. The van der Waals surface area contributed by atoms with Crippen LogP contribution >= 0.6 is 0 Å². The van der Waals surface area contributed by atoms with Gasteiger partial charge in [-0.25, -0.2) is 0 Å². The summed E-state index contributed by atoms with van der Waals surface area (Å²) in [6.07, 6.45) is 0.386. The molecule has 2 aromatic carbocycles. The van der Waals surface area contributed by atoms with E-state index >= 15 is 0 Å². The maximum atomic E-state index is 11.4. The number of aryl methyl sites for hydroxylation is 1. The van der Waals surface area contributed by atoms with Crippen molar-refractivity contribution >= 4 is 23.0 Å². The summed E-state index contributed by atoms with van der Waals surface area (Å²) in [6.45, 7) is 0. The number of rotatable bonds is 4. The van der Waals surface area contributed by atoms with Crippen molar-refractivity contribution in [1.82, 2.24) is 0 Å². The Morgan fingerprint density at radius 2 is 1.86 bits per heavy atom.